The van der Waals surface area contributed by atoms with Crippen molar-refractivity contribution in [3.8, 4) is 11.5 Å². The van der Waals surface area contributed by atoms with E-state index in [2.05, 4.69) is 24.5 Å². The normalized spacial score (nSPS) is 18.9. The van der Waals surface area contributed by atoms with Crippen LogP contribution in [0.2, 0.25) is 0 Å². The molecule has 0 spiro atoms. The van der Waals surface area contributed by atoms with Gasteiger partial charge in [0.2, 0.25) is 0 Å². The summed E-state index contributed by atoms with van der Waals surface area (Å²) in [7, 11) is 0. The first kappa shape index (κ1) is 23.3. The summed E-state index contributed by atoms with van der Waals surface area (Å²) < 4.78 is 12.0. The van der Waals surface area contributed by atoms with E-state index in [1.807, 2.05) is 26.0 Å². The smallest absolute Gasteiger partial charge is 0.164 e. The topological polar surface area (TPSA) is 55.8 Å². The zero-order valence-corrected chi connectivity index (χ0v) is 20.2. The van der Waals surface area contributed by atoms with Crippen molar-refractivity contribution in [1.82, 2.24) is 4.90 Å². The fourth-order valence-electron chi connectivity index (χ4n) is 5.66. The predicted octanol–water partition coefficient (Wildman–Crippen LogP) is 5.65. The molecule has 1 aromatic carbocycles. The first-order valence-electron chi connectivity index (χ1n) is 12.4. The largest absolute Gasteiger partial charge is 0.490 e. The van der Waals surface area contributed by atoms with Crippen molar-refractivity contribution < 1.29 is 19.1 Å². The molecule has 0 aromatic heterocycles. The second-order valence-electron chi connectivity index (χ2n) is 8.82. The molecule has 2 aliphatic carbocycles. The van der Waals surface area contributed by atoms with Gasteiger partial charge in [0, 0.05) is 53.4 Å². The summed E-state index contributed by atoms with van der Waals surface area (Å²) in [6, 6.07) is 4.09. The highest BCUT2D eigenvalue weighted by Gasteiger charge is 2.43. The molecule has 0 N–H and O–H groups in total. The lowest BCUT2D eigenvalue weighted by Crippen LogP contribution is -2.39. The molecule has 1 aromatic rings. The van der Waals surface area contributed by atoms with Crippen molar-refractivity contribution in [1.29, 1.82) is 0 Å². The summed E-state index contributed by atoms with van der Waals surface area (Å²) in [5.41, 5.74) is 5.77. The number of ketones is 2. The van der Waals surface area contributed by atoms with Gasteiger partial charge in [0.05, 0.1) is 13.2 Å². The van der Waals surface area contributed by atoms with Crippen LogP contribution in [0.15, 0.2) is 47.3 Å². The Hall–Kier alpha value is -2.82. The molecular weight excluding hydrogens is 414 g/mol. The Morgan fingerprint density at radius 2 is 1.55 bits per heavy atom. The van der Waals surface area contributed by atoms with Crippen LogP contribution in [0.25, 0.3) is 0 Å². The molecule has 0 saturated heterocycles. The minimum atomic E-state index is -0.336. The number of hydrogen-bond donors (Lipinski definition) is 0. The summed E-state index contributed by atoms with van der Waals surface area (Å²) in [4.78, 5) is 29.0. The molecule has 0 saturated carbocycles. The molecule has 3 aliphatic rings. The minimum Gasteiger partial charge on any atom is -0.490 e. The van der Waals surface area contributed by atoms with E-state index in [1.165, 1.54) is 0 Å². The Kier molecular flexibility index (Phi) is 7.06. The second kappa shape index (κ2) is 9.98. The first-order valence-corrected chi connectivity index (χ1v) is 12.4. The fourth-order valence-corrected chi connectivity index (χ4v) is 5.66. The zero-order chi connectivity index (χ0) is 23.5. The molecular formula is C28H35NO4. The molecule has 1 heterocycles. The number of nitrogens with zero attached hydrogens (tertiary/aromatic N) is 1. The Morgan fingerprint density at radius 3 is 2.06 bits per heavy atom. The van der Waals surface area contributed by atoms with Crippen LogP contribution in [-0.4, -0.2) is 36.2 Å². The lowest BCUT2D eigenvalue weighted by molar-refractivity contribution is -0.117. The number of benzene rings is 1. The van der Waals surface area contributed by atoms with E-state index in [9.17, 15) is 9.59 Å². The van der Waals surface area contributed by atoms with Gasteiger partial charge in [-0.2, -0.15) is 0 Å². The SMILES string of the molecule is C=CCc1cc(C2C3=C(CCCC3=O)N(CC)C3=C2C(=O)CCC3)cc(OCC)c1OCC. The summed E-state index contributed by atoms with van der Waals surface area (Å²) in [6.07, 6.45) is 7.05. The van der Waals surface area contributed by atoms with Gasteiger partial charge in [-0.1, -0.05) is 12.1 Å². The Balaban J connectivity index is 1.98. The molecule has 1 aliphatic heterocycles. The van der Waals surface area contributed by atoms with Gasteiger partial charge in [0.1, 0.15) is 0 Å². The molecule has 0 fully saturated rings. The number of allylic oxidation sites excluding steroid dienone is 5. The van der Waals surface area contributed by atoms with Gasteiger partial charge >= 0.3 is 0 Å². The minimum absolute atomic E-state index is 0.168. The Bertz CT molecular complexity index is 989. The van der Waals surface area contributed by atoms with Crippen molar-refractivity contribution in [3.05, 3.63) is 58.5 Å². The average molecular weight is 450 g/mol. The van der Waals surface area contributed by atoms with Gasteiger partial charge in [0.15, 0.2) is 23.1 Å². The van der Waals surface area contributed by atoms with Crippen molar-refractivity contribution in [3.63, 3.8) is 0 Å². The van der Waals surface area contributed by atoms with Gasteiger partial charge in [-0.15, -0.1) is 6.58 Å². The van der Waals surface area contributed by atoms with E-state index in [0.29, 0.717) is 38.2 Å². The van der Waals surface area contributed by atoms with Crippen molar-refractivity contribution in [2.45, 2.75) is 71.6 Å². The van der Waals surface area contributed by atoms with Crippen LogP contribution in [0.3, 0.4) is 0 Å². The van der Waals surface area contributed by atoms with E-state index >= 15 is 0 Å². The van der Waals surface area contributed by atoms with Gasteiger partial charge < -0.3 is 14.4 Å². The average Bonchev–Trinajstić information content (AvgIpc) is 2.80. The third-order valence-electron chi connectivity index (χ3n) is 6.84. The highest BCUT2D eigenvalue weighted by atomic mass is 16.5. The van der Waals surface area contributed by atoms with E-state index in [4.69, 9.17) is 9.47 Å². The van der Waals surface area contributed by atoms with E-state index in [1.54, 1.807) is 0 Å². The standard InChI is InChI=1S/C28H35NO4/c1-5-11-18-16-19(17-24(32-7-3)28(18)33-8-4)25-26-20(12-9-14-22(26)30)29(6-2)21-13-10-15-23(31)27(21)25/h5,16-17,25H,1,6-15H2,2-4H3. The Morgan fingerprint density at radius 1 is 0.939 bits per heavy atom. The van der Waals surface area contributed by atoms with Gasteiger partial charge in [0.25, 0.3) is 0 Å². The van der Waals surface area contributed by atoms with E-state index in [0.717, 1.165) is 71.6 Å². The molecule has 0 unspecified atom stereocenters. The van der Waals surface area contributed by atoms with Crippen LogP contribution in [-0.2, 0) is 16.0 Å². The molecule has 4 rings (SSSR count). The molecule has 5 heteroatoms. The maximum absolute atomic E-state index is 13.4. The first-order chi connectivity index (χ1) is 16.0. The van der Waals surface area contributed by atoms with Gasteiger partial charge in [-0.25, -0.2) is 0 Å². The predicted molar refractivity (Wildman–Crippen MR) is 130 cm³/mol. The molecule has 0 atom stereocenters. The van der Waals surface area contributed by atoms with Crippen molar-refractivity contribution >= 4 is 11.6 Å². The maximum Gasteiger partial charge on any atom is 0.164 e. The molecule has 0 radical (unpaired) electrons. The van der Waals surface area contributed by atoms with Crippen LogP contribution in [0.4, 0.5) is 0 Å². The number of hydrogen-bond acceptors (Lipinski definition) is 5. The van der Waals surface area contributed by atoms with Crippen LogP contribution < -0.4 is 9.47 Å². The fraction of sp³-hybridized carbons (Fsp3) is 0.500. The third kappa shape index (κ3) is 4.14. The lowest BCUT2D eigenvalue weighted by atomic mass is 9.70. The monoisotopic (exact) mass is 449 g/mol. The Labute approximate surface area is 197 Å². The summed E-state index contributed by atoms with van der Waals surface area (Å²) in [5.74, 6) is 1.39. The number of Topliss-reactive ketones (excluding diaryl/α,β-unsaturated/α-hetero) is 2. The van der Waals surface area contributed by atoms with Crippen LogP contribution in [0, 0.1) is 0 Å². The van der Waals surface area contributed by atoms with Crippen LogP contribution in [0.5, 0.6) is 11.5 Å². The van der Waals surface area contributed by atoms with Gasteiger partial charge in [-0.3, -0.25) is 9.59 Å². The van der Waals surface area contributed by atoms with Crippen molar-refractivity contribution in [2.75, 3.05) is 19.8 Å². The highest BCUT2D eigenvalue weighted by molar-refractivity contribution is 6.06. The quantitative estimate of drug-likeness (QED) is 0.480. The molecule has 33 heavy (non-hydrogen) atoms. The summed E-state index contributed by atoms with van der Waals surface area (Å²) in [6.45, 7) is 11.7. The maximum atomic E-state index is 13.4. The highest BCUT2D eigenvalue weighted by Crippen LogP contribution is 2.50. The lowest BCUT2D eigenvalue weighted by Gasteiger charge is -2.43. The molecule has 0 amide bonds. The number of carbonyl (C=O) groups is 2. The zero-order valence-electron chi connectivity index (χ0n) is 20.2. The van der Waals surface area contributed by atoms with Gasteiger partial charge in [-0.05, 0) is 64.5 Å². The number of carbonyl (C=O) groups excluding carboxylic acids is 2. The summed E-state index contributed by atoms with van der Waals surface area (Å²) in [5, 5.41) is 0. The molecule has 0 bridgehead atoms. The third-order valence-corrected chi connectivity index (χ3v) is 6.84. The van der Waals surface area contributed by atoms with Crippen LogP contribution in [0.1, 0.15) is 76.3 Å². The molecule has 176 valence electrons. The second-order valence-corrected chi connectivity index (χ2v) is 8.82. The summed E-state index contributed by atoms with van der Waals surface area (Å²) >= 11 is 0. The van der Waals surface area contributed by atoms with Crippen LogP contribution >= 0.6 is 0 Å². The number of rotatable bonds is 8. The number of ether oxygens (including phenoxy) is 2. The van der Waals surface area contributed by atoms with Crippen molar-refractivity contribution in [2.24, 2.45) is 0 Å². The van der Waals surface area contributed by atoms with E-state index < -0.39 is 0 Å². The molecule has 5 nitrogen and oxygen atoms in total. The van der Waals surface area contributed by atoms with E-state index in [-0.39, 0.29) is 17.5 Å².